The molecule has 0 saturated carbocycles. The van der Waals surface area contributed by atoms with Gasteiger partial charge in [0, 0.05) is 36.6 Å². The van der Waals surface area contributed by atoms with E-state index in [2.05, 4.69) is 24.4 Å². The molecule has 25 heavy (non-hydrogen) atoms. The lowest BCUT2D eigenvalue weighted by atomic mass is 10.0. The molecule has 0 spiro atoms. The van der Waals surface area contributed by atoms with Crippen molar-refractivity contribution in [3.8, 4) is 0 Å². The molecule has 0 bridgehead atoms. The van der Waals surface area contributed by atoms with Gasteiger partial charge in [0.1, 0.15) is 5.69 Å². The summed E-state index contributed by atoms with van der Waals surface area (Å²) in [6.07, 6.45) is 0. The number of aryl methyl sites for hydroxylation is 2. The van der Waals surface area contributed by atoms with Gasteiger partial charge in [0.2, 0.25) is 0 Å². The van der Waals surface area contributed by atoms with Crippen molar-refractivity contribution >= 4 is 16.9 Å². The molecule has 0 aliphatic rings. The third kappa shape index (κ3) is 3.44. The fourth-order valence-corrected chi connectivity index (χ4v) is 3.39. The van der Waals surface area contributed by atoms with E-state index in [1.165, 1.54) is 5.56 Å². The van der Waals surface area contributed by atoms with E-state index in [-0.39, 0.29) is 0 Å². The molecule has 4 heteroatoms. The molecule has 1 aromatic heterocycles. The van der Waals surface area contributed by atoms with Gasteiger partial charge in [-0.1, -0.05) is 49.4 Å². The number of nitrogens with one attached hydrogen (secondary N) is 1. The van der Waals surface area contributed by atoms with Crippen LogP contribution in [0, 0.1) is 6.92 Å². The van der Waals surface area contributed by atoms with Crippen molar-refractivity contribution in [1.29, 1.82) is 0 Å². The molecule has 2 N–H and O–H groups in total. The number of hydrogen-bond donors (Lipinski definition) is 2. The van der Waals surface area contributed by atoms with E-state index in [0.717, 1.165) is 28.6 Å². The fourth-order valence-electron chi connectivity index (χ4n) is 3.39. The Morgan fingerprint density at radius 2 is 1.92 bits per heavy atom. The van der Waals surface area contributed by atoms with Gasteiger partial charge in [0.25, 0.3) is 0 Å². The fraction of sp³-hybridized carbons (Fsp3) is 0.286. The van der Waals surface area contributed by atoms with Crippen LogP contribution >= 0.6 is 0 Å². The highest BCUT2D eigenvalue weighted by Gasteiger charge is 2.20. The molecule has 0 radical (unpaired) electrons. The summed E-state index contributed by atoms with van der Waals surface area (Å²) < 4.78 is 1.78. The number of carboxylic acid groups (broad SMARTS) is 1. The van der Waals surface area contributed by atoms with Crippen molar-refractivity contribution in [3.63, 3.8) is 0 Å². The zero-order valence-electron chi connectivity index (χ0n) is 14.9. The van der Waals surface area contributed by atoms with E-state index in [1.807, 2.05) is 50.4 Å². The molecule has 0 amide bonds. The summed E-state index contributed by atoms with van der Waals surface area (Å²) in [5, 5.41) is 14.1. The Kier molecular flexibility index (Phi) is 4.91. The standard InChI is InChI=1S/C21H24N2O2/c1-14-9-10-17-18(20(21(24)25)23(3)19(17)11-14)13-22-12-15(2)16-7-5-4-6-8-16/h4-11,15,22H,12-13H2,1-3H3,(H,24,25)/t15-/m0/s1. The van der Waals surface area contributed by atoms with E-state index in [4.69, 9.17) is 0 Å². The Morgan fingerprint density at radius 1 is 1.20 bits per heavy atom. The van der Waals surface area contributed by atoms with Crippen LogP contribution in [0.2, 0.25) is 0 Å². The minimum Gasteiger partial charge on any atom is -0.477 e. The summed E-state index contributed by atoms with van der Waals surface area (Å²) in [6, 6.07) is 16.4. The largest absolute Gasteiger partial charge is 0.477 e. The van der Waals surface area contributed by atoms with Crippen molar-refractivity contribution in [2.24, 2.45) is 7.05 Å². The maximum Gasteiger partial charge on any atom is 0.352 e. The van der Waals surface area contributed by atoms with Crippen molar-refractivity contribution < 1.29 is 9.90 Å². The molecule has 0 fully saturated rings. The number of benzene rings is 2. The first-order valence-corrected chi connectivity index (χ1v) is 8.56. The van der Waals surface area contributed by atoms with Gasteiger partial charge in [0.05, 0.1) is 0 Å². The highest BCUT2D eigenvalue weighted by atomic mass is 16.4. The Hall–Kier alpha value is -2.59. The van der Waals surface area contributed by atoms with E-state index < -0.39 is 5.97 Å². The van der Waals surface area contributed by atoms with Gasteiger partial charge in [-0.05, 0) is 30.0 Å². The van der Waals surface area contributed by atoms with Crippen LogP contribution in [0.15, 0.2) is 48.5 Å². The summed E-state index contributed by atoms with van der Waals surface area (Å²) in [5.74, 6) is -0.518. The maximum atomic E-state index is 11.8. The Morgan fingerprint density at radius 3 is 2.60 bits per heavy atom. The SMILES string of the molecule is Cc1ccc2c(CNC[C@H](C)c3ccccc3)c(C(=O)O)n(C)c2c1. The quantitative estimate of drug-likeness (QED) is 0.713. The molecule has 1 atom stereocenters. The predicted molar refractivity (Wildman–Crippen MR) is 101 cm³/mol. The van der Waals surface area contributed by atoms with Crippen LogP contribution in [0.4, 0.5) is 0 Å². The van der Waals surface area contributed by atoms with E-state index in [1.54, 1.807) is 4.57 Å². The first-order chi connectivity index (χ1) is 12.0. The number of carboxylic acids is 1. The minimum absolute atomic E-state index is 0.362. The molecule has 0 aliphatic heterocycles. The van der Waals surface area contributed by atoms with Crippen LogP contribution in [-0.4, -0.2) is 22.2 Å². The van der Waals surface area contributed by atoms with Gasteiger partial charge in [-0.15, -0.1) is 0 Å². The van der Waals surface area contributed by atoms with Crippen molar-refractivity contribution in [2.45, 2.75) is 26.3 Å². The van der Waals surface area contributed by atoms with Gasteiger partial charge in [-0.25, -0.2) is 4.79 Å². The smallest absolute Gasteiger partial charge is 0.352 e. The highest BCUT2D eigenvalue weighted by molar-refractivity contribution is 5.98. The molecule has 3 rings (SSSR count). The van der Waals surface area contributed by atoms with Crippen LogP contribution in [0.25, 0.3) is 10.9 Å². The second-order valence-corrected chi connectivity index (χ2v) is 6.65. The Bertz CT molecular complexity index is 897. The minimum atomic E-state index is -0.885. The van der Waals surface area contributed by atoms with Gasteiger partial charge < -0.3 is 15.0 Å². The van der Waals surface area contributed by atoms with Gasteiger partial charge in [-0.3, -0.25) is 0 Å². The van der Waals surface area contributed by atoms with Gasteiger partial charge >= 0.3 is 5.97 Å². The van der Waals surface area contributed by atoms with Gasteiger partial charge in [0.15, 0.2) is 0 Å². The molecule has 2 aromatic carbocycles. The lowest BCUT2D eigenvalue weighted by Crippen LogP contribution is -2.21. The van der Waals surface area contributed by atoms with Crippen LogP contribution in [0.1, 0.15) is 40.0 Å². The van der Waals surface area contributed by atoms with E-state index >= 15 is 0 Å². The molecule has 3 aromatic rings. The molecule has 1 heterocycles. The molecular weight excluding hydrogens is 312 g/mol. The van der Waals surface area contributed by atoms with Crippen molar-refractivity contribution in [2.75, 3.05) is 6.54 Å². The Labute approximate surface area is 148 Å². The topological polar surface area (TPSA) is 54.3 Å². The summed E-state index contributed by atoms with van der Waals surface area (Å²) in [5.41, 5.74) is 4.58. The molecule has 0 aliphatic carbocycles. The molecular formula is C21H24N2O2. The average molecular weight is 336 g/mol. The number of rotatable bonds is 6. The van der Waals surface area contributed by atoms with E-state index in [0.29, 0.717) is 18.2 Å². The normalized spacial score (nSPS) is 12.4. The number of aromatic nitrogens is 1. The summed E-state index contributed by atoms with van der Waals surface area (Å²) >= 11 is 0. The predicted octanol–water partition coefficient (Wildman–Crippen LogP) is 4.08. The van der Waals surface area contributed by atoms with E-state index in [9.17, 15) is 9.90 Å². The van der Waals surface area contributed by atoms with Crippen molar-refractivity contribution in [1.82, 2.24) is 9.88 Å². The lowest BCUT2D eigenvalue weighted by molar-refractivity contribution is 0.0685. The van der Waals surface area contributed by atoms with Crippen LogP contribution in [-0.2, 0) is 13.6 Å². The number of nitrogens with zero attached hydrogens (tertiary/aromatic N) is 1. The number of aromatic carboxylic acids is 1. The molecule has 4 nitrogen and oxygen atoms in total. The highest BCUT2D eigenvalue weighted by Crippen LogP contribution is 2.26. The summed E-state index contributed by atoms with van der Waals surface area (Å²) in [6.45, 7) is 5.53. The number of carbonyl (C=O) groups is 1. The second-order valence-electron chi connectivity index (χ2n) is 6.65. The Balaban J connectivity index is 1.83. The molecule has 130 valence electrons. The summed E-state index contributed by atoms with van der Waals surface area (Å²) in [4.78, 5) is 11.8. The lowest BCUT2D eigenvalue weighted by Gasteiger charge is -2.13. The van der Waals surface area contributed by atoms with Crippen molar-refractivity contribution in [3.05, 3.63) is 70.9 Å². The average Bonchev–Trinajstić information content (AvgIpc) is 2.87. The third-order valence-electron chi connectivity index (χ3n) is 4.78. The first kappa shape index (κ1) is 17.2. The van der Waals surface area contributed by atoms with Crippen LogP contribution < -0.4 is 5.32 Å². The number of fused-ring (bicyclic) bond motifs is 1. The van der Waals surface area contributed by atoms with Crippen LogP contribution in [0.3, 0.4) is 0 Å². The zero-order valence-corrected chi connectivity index (χ0v) is 14.9. The number of hydrogen-bond acceptors (Lipinski definition) is 2. The monoisotopic (exact) mass is 336 g/mol. The van der Waals surface area contributed by atoms with Gasteiger partial charge in [-0.2, -0.15) is 0 Å². The third-order valence-corrected chi connectivity index (χ3v) is 4.78. The first-order valence-electron chi connectivity index (χ1n) is 8.56. The second kappa shape index (κ2) is 7.11. The molecule has 0 unspecified atom stereocenters. The molecule has 0 saturated heterocycles. The summed E-state index contributed by atoms with van der Waals surface area (Å²) in [7, 11) is 1.82. The van der Waals surface area contributed by atoms with Crippen LogP contribution in [0.5, 0.6) is 0 Å². The zero-order chi connectivity index (χ0) is 18.0. The maximum absolute atomic E-state index is 11.8.